The van der Waals surface area contributed by atoms with Gasteiger partial charge in [0.15, 0.2) is 0 Å². The van der Waals surface area contributed by atoms with Gasteiger partial charge in [-0.05, 0) is 37.6 Å². The third kappa shape index (κ3) is 4.70. The first-order chi connectivity index (χ1) is 15.4. The molecule has 8 heteroatoms. The van der Waals surface area contributed by atoms with Crippen LogP contribution in [0.1, 0.15) is 29.8 Å². The zero-order valence-electron chi connectivity index (χ0n) is 18.3. The number of hydrogen-bond acceptors (Lipinski definition) is 6. The van der Waals surface area contributed by atoms with Crippen LogP contribution < -0.4 is 10.2 Å². The normalized spacial score (nSPS) is 14.7. The number of rotatable bonds is 6. The second-order valence-corrected chi connectivity index (χ2v) is 8.34. The number of nitrogens with one attached hydrogen (secondary N) is 1. The molecule has 3 aromatic rings. The summed E-state index contributed by atoms with van der Waals surface area (Å²) in [6, 6.07) is 14.9. The van der Waals surface area contributed by atoms with Crippen molar-refractivity contribution in [3.63, 3.8) is 0 Å². The molecule has 8 nitrogen and oxygen atoms in total. The highest BCUT2D eigenvalue weighted by Crippen LogP contribution is 2.30. The van der Waals surface area contributed by atoms with Crippen molar-refractivity contribution >= 4 is 28.2 Å². The maximum Gasteiger partial charge on any atom is 0.293 e. The average molecular weight is 434 g/mol. The molecule has 0 aliphatic carbocycles. The summed E-state index contributed by atoms with van der Waals surface area (Å²) in [5.74, 6) is -0.303. The van der Waals surface area contributed by atoms with Crippen molar-refractivity contribution in [3.05, 3.63) is 76.0 Å². The topological polar surface area (TPSA) is 91.6 Å². The van der Waals surface area contributed by atoms with Gasteiger partial charge in [0, 0.05) is 62.0 Å². The van der Waals surface area contributed by atoms with Gasteiger partial charge in [-0.1, -0.05) is 24.3 Å². The van der Waals surface area contributed by atoms with Crippen LogP contribution >= 0.6 is 0 Å². The van der Waals surface area contributed by atoms with E-state index in [1.165, 1.54) is 11.6 Å². The Hall–Kier alpha value is -3.52. The molecule has 0 bridgehead atoms. The van der Waals surface area contributed by atoms with Gasteiger partial charge in [-0.25, -0.2) is 0 Å². The number of anilines is 1. The van der Waals surface area contributed by atoms with Crippen LogP contribution in [-0.2, 0) is 6.54 Å². The maximum absolute atomic E-state index is 12.3. The Morgan fingerprint density at radius 1 is 1.12 bits per heavy atom. The summed E-state index contributed by atoms with van der Waals surface area (Å²) in [6.45, 7) is 7.43. The largest absolute Gasteiger partial charge is 0.363 e. The van der Waals surface area contributed by atoms with E-state index in [0.29, 0.717) is 24.3 Å². The summed E-state index contributed by atoms with van der Waals surface area (Å²) in [5, 5.41) is 15.6. The van der Waals surface area contributed by atoms with Gasteiger partial charge in [0.2, 0.25) is 0 Å². The number of nitro benzene ring substituents is 1. The Bertz CT molecular complexity index is 1130. The zero-order valence-corrected chi connectivity index (χ0v) is 18.3. The SMILES string of the molecule is CC(C)NC(=O)c1ccc(N2CCN(Cc3cccc4cccnc34)CC2)c([N+](=O)[O-])c1. The first-order valence-corrected chi connectivity index (χ1v) is 10.8. The van der Waals surface area contributed by atoms with Crippen LogP contribution in [0.15, 0.2) is 54.7 Å². The smallest absolute Gasteiger partial charge is 0.293 e. The summed E-state index contributed by atoms with van der Waals surface area (Å²) < 4.78 is 0. The van der Waals surface area contributed by atoms with Crippen molar-refractivity contribution in [3.8, 4) is 0 Å². The third-order valence-electron chi connectivity index (χ3n) is 5.68. The minimum Gasteiger partial charge on any atom is -0.363 e. The number of piperazine rings is 1. The molecular formula is C24H27N5O3. The lowest BCUT2D eigenvalue weighted by Crippen LogP contribution is -2.46. The van der Waals surface area contributed by atoms with Crippen LogP contribution in [0, 0.1) is 10.1 Å². The lowest BCUT2D eigenvalue weighted by Gasteiger charge is -2.36. The second-order valence-electron chi connectivity index (χ2n) is 8.34. The Kier molecular flexibility index (Phi) is 6.32. The van der Waals surface area contributed by atoms with E-state index in [4.69, 9.17) is 0 Å². The molecule has 1 N–H and O–H groups in total. The molecule has 32 heavy (non-hydrogen) atoms. The van der Waals surface area contributed by atoms with E-state index >= 15 is 0 Å². The summed E-state index contributed by atoms with van der Waals surface area (Å²) in [5.41, 5.74) is 3.03. The van der Waals surface area contributed by atoms with Crippen molar-refractivity contribution in [2.75, 3.05) is 31.1 Å². The fourth-order valence-electron chi connectivity index (χ4n) is 4.11. The van der Waals surface area contributed by atoms with E-state index in [9.17, 15) is 14.9 Å². The van der Waals surface area contributed by atoms with Crippen LogP contribution in [0.2, 0.25) is 0 Å². The fourth-order valence-corrected chi connectivity index (χ4v) is 4.11. The lowest BCUT2D eigenvalue weighted by atomic mass is 10.1. The molecule has 0 unspecified atom stereocenters. The first kappa shape index (κ1) is 21.7. The van der Waals surface area contributed by atoms with Gasteiger partial charge in [0.05, 0.1) is 10.4 Å². The van der Waals surface area contributed by atoms with Crippen molar-refractivity contribution in [1.82, 2.24) is 15.2 Å². The highest BCUT2D eigenvalue weighted by Gasteiger charge is 2.25. The number of carbonyl (C=O) groups is 1. The predicted molar refractivity (Wildman–Crippen MR) is 125 cm³/mol. The lowest BCUT2D eigenvalue weighted by molar-refractivity contribution is -0.384. The van der Waals surface area contributed by atoms with Crippen molar-refractivity contribution in [1.29, 1.82) is 0 Å². The molecule has 1 saturated heterocycles. The van der Waals surface area contributed by atoms with Gasteiger partial charge in [-0.3, -0.25) is 24.8 Å². The minimum absolute atomic E-state index is 0.0342. The monoisotopic (exact) mass is 433 g/mol. The Morgan fingerprint density at radius 2 is 1.88 bits per heavy atom. The number of amides is 1. The van der Waals surface area contributed by atoms with Crippen molar-refractivity contribution in [2.24, 2.45) is 0 Å². The number of nitro groups is 1. The van der Waals surface area contributed by atoms with Crippen LogP contribution in [0.3, 0.4) is 0 Å². The third-order valence-corrected chi connectivity index (χ3v) is 5.68. The number of nitrogens with zero attached hydrogens (tertiary/aromatic N) is 4. The van der Waals surface area contributed by atoms with E-state index in [0.717, 1.165) is 30.5 Å². The van der Waals surface area contributed by atoms with Crippen molar-refractivity contribution in [2.45, 2.75) is 26.4 Å². The Balaban J connectivity index is 1.46. The Morgan fingerprint density at radius 3 is 2.59 bits per heavy atom. The number of fused-ring (bicyclic) bond motifs is 1. The van der Waals surface area contributed by atoms with Gasteiger partial charge in [0.25, 0.3) is 11.6 Å². The molecule has 1 fully saturated rings. The van der Waals surface area contributed by atoms with E-state index in [2.05, 4.69) is 39.5 Å². The number of carbonyl (C=O) groups excluding carboxylic acids is 1. The highest BCUT2D eigenvalue weighted by molar-refractivity contribution is 5.96. The molecule has 1 aliphatic rings. The second kappa shape index (κ2) is 9.32. The maximum atomic E-state index is 12.3. The molecule has 0 atom stereocenters. The van der Waals surface area contributed by atoms with Crippen molar-refractivity contribution < 1.29 is 9.72 Å². The summed E-state index contributed by atoms with van der Waals surface area (Å²) >= 11 is 0. The molecule has 1 amide bonds. The highest BCUT2D eigenvalue weighted by atomic mass is 16.6. The molecule has 1 aromatic heterocycles. The van der Waals surface area contributed by atoms with E-state index in [1.807, 2.05) is 31.0 Å². The molecule has 0 spiro atoms. The molecule has 1 aliphatic heterocycles. The molecule has 4 rings (SSSR count). The summed E-state index contributed by atoms with van der Waals surface area (Å²) in [6.07, 6.45) is 1.81. The number of pyridine rings is 1. The number of para-hydroxylation sites is 1. The van der Waals surface area contributed by atoms with Gasteiger partial charge >= 0.3 is 0 Å². The van der Waals surface area contributed by atoms with Crippen LogP contribution in [0.4, 0.5) is 11.4 Å². The number of hydrogen-bond donors (Lipinski definition) is 1. The van der Waals surface area contributed by atoms with Gasteiger partial charge in [0.1, 0.15) is 5.69 Å². The Labute approximate surface area is 187 Å². The van der Waals surface area contributed by atoms with Gasteiger partial charge in [-0.15, -0.1) is 0 Å². The molecular weight excluding hydrogens is 406 g/mol. The number of benzene rings is 2. The van der Waals surface area contributed by atoms with E-state index in [1.54, 1.807) is 12.1 Å². The molecule has 2 aromatic carbocycles. The van der Waals surface area contributed by atoms with Crippen LogP contribution in [0.5, 0.6) is 0 Å². The fraction of sp³-hybridized carbons (Fsp3) is 0.333. The molecule has 2 heterocycles. The minimum atomic E-state index is -0.407. The average Bonchev–Trinajstić information content (AvgIpc) is 2.79. The van der Waals surface area contributed by atoms with Crippen LogP contribution in [-0.4, -0.2) is 52.9 Å². The first-order valence-electron chi connectivity index (χ1n) is 10.8. The summed E-state index contributed by atoms with van der Waals surface area (Å²) in [7, 11) is 0. The van der Waals surface area contributed by atoms with Gasteiger partial charge in [-0.2, -0.15) is 0 Å². The van der Waals surface area contributed by atoms with E-state index < -0.39 is 4.92 Å². The molecule has 0 radical (unpaired) electrons. The molecule has 166 valence electrons. The zero-order chi connectivity index (χ0) is 22.7. The molecule has 0 saturated carbocycles. The number of aromatic nitrogens is 1. The predicted octanol–water partition coefficient (Wildman–Crippen LogP) is 3.60. The standard InChI is InChI=1S/C24H27N5O3/c1-17(2)26-24(30)19-8-9-21(22(15-19)29(31)32)28-13-11-27(12-14-28)16-20-6-3-5-18-7-4-10-25-23(18)20/h3-10,15,17H,11-14,16H2,1-2H3,(H,26,30). The van der Waals surface area contributed by atoms with Crippen LogP contribution in [0.25, 0.3) is 10.9 Å². The quantitative estimate of drug-likeness (QED) is 0.472. The van der Waals surface area contributed by atoms with E-state index in [-0.39, 0.29) is 17.6 Å². The summed E-state index contributed by atoms with van der Waals surface area (Å²) in [4.78, 5) is 32.5. The van der Waals surface area contributed by atoms with Gasteiger partial charge < -0.3 is 10.2 Å².